The molecule has 0 nitrogen and oxygen atoms in total. The van der Waals surface area contributed by atoms with Crippen molar-refractivity contribution in [2.24, 2.45) is 11.3 Å². The van der Waals surface area contributed by atoms with Crippen LogP contribution in [0, 0.1) is 11.3 Å². The van der Waals surface area contributed by atoms with Crippen molar-refractivity contribution in [1.82, 2.24) is 0 Å². The van der Waals surface area contributed by atoms with Crippen LogP contribution in [0.1, 0.15) is 59.3 Å². The van der Waals surface area contributed by atoms with Gasteiger partial charge in [-0.15, -0.1) is 6.58 Å². The molecule has 0 N–H and O–H groups in total. The standard InChI is InChI=1S/C17H28/c1-5-7-8-9-10-11-16-12-13-17(4,6-2)14-15(16)3/h6,10-12,15H,2,5,7-9,13-14H2,1,3-4H3. The third-order valence-electron chi connectivity index (χ3n) is 3.92. The van der Waals surface area contributed by atoms with Crippen LogP contribution < -0.4 is 0 Å². The molecule has 0 aromatic carbocycles. The Balaban J connectivity index is 2.47. The van der Waals surface area contributed by atoms with E-state index < -0.39 is 0 Å². The van der Waals surface area contributed by atoms with Crippen LogP contribution in [0.4, 0.5) is 0 Å². The minimum Gasteiger partial charge on any atom is -0.103 e. The van der Waals surface area contributed by atoms with Crippen LogP contribution in [0.3, 0.4) is 0 Å². The Bertz CT molecular complexity index is 295. The first-order valence-corrected chi connectivity index (χ1v) is 7.11. The van der Waals surface area contributed by atoms with Gasteiger partial charge in [0.2, 0.25) is 0 Å². The summed E-state index contributed by atoms with van der Waals surface area (Å²) in [6, 6.07) is 0. The topological polar surface area (TPSA) is 0 Å². The predicted octanol–water partition coefficient (Wildman–Crippen LogP) is 5.67. The van der Waals surface area contributed by atoms with Gasteiger partial charge in [0.1, 0.15) is 0 Å². The largest absolute Gasteiger partial charge is 0.103 e. The van der Waals surface area contributed by atoms with E-state index in [1.54, 1.807) is 0 Å². The fourth-order valence-corrected chi connectivity index (χ4v) is 2.58. The summed E-state index contributed by atoms with van der Waals surface area (Å²) in [5, 5.41) is 0. The molecule has 1 aliphatic rings. The molecule has 0 bridgehead atoms. The van der Waals surface area contributed by atoms with Crippen LogP contribution in [0.25, 0.3) is 0 Å². The van der Waals surface area contributed by atoms with Crippen LogP contribution >= 0.6 is 0 Å². The number of hydrogen-bond donors (Lipinski definition) is 0. The lowest BCUT2D eigenvalue weighted by atomic mass is 9.72. The van der Waals surface area contributed by atoms with Gasteiger partial charge < -0.3 is 0 Å². The molecule has 17 heavy (non-hydrogen) atoms. The average molecular weight is 232 g/mol. The third kappa shape index (κ3) is 4.53. The van der Waals surface area contributed by atoms with E-state index in [-0.39, 0.29) is 0 Å². The minimum atomic E-state index is 0.318. The second kappa shape index (κ2) is 6.83. The van der Waals surface area contributed by atoms with Gasteiger partial charge in [-0.05, 0) is 42.6 Å². The van der Waals surface area contributed by atoms with E-state index >= 15 is 0 Å². The first kappa shape index (κ1) is 14.3. The summed E-state index contributed by atoms with van der Waals surface area (Å²) in [6.07, 6.45) is 16.9. The van der Waals surface area contributed by atoms with E-state index in [1.165, 1.54) is 37.7 Å². The Morgan fingerprint density at radius 1 is 1.47 bits per heavy atom. The Hall–Kier alpha value is -0.780. The van der Waals surface area contributed by atoms with Crippen molar-refractivity contribution < 1.29 is 0 Å². The summed E-state index contributed by atoms with van der Waals surface area (Å²) in [6.45, 7) is 10.9. The minimum absolute atomic E-state index is 0.318. The van der Waals surface area contributed by atoms with Gasteiger partial charge >= 0.3 is 0 Å². The Labute approximate surface area is 108 Å². The molecule has 1 aliphatic carbocycles. The molecular formula is C17H28. The monoisotopic (exact) mass is 232 g/mol. The summed E-state index contributed by atoms with van der Waals surface area (Å²) >= 11 is 0. The third-order valence-corrected chi connectivity index (χ3v) is 3.92. The van der Waals surface area contributed by atoms with Crippen LogP contribution in [0.15, 0.2) is 36.5 Å². The van der Waals surface area contributed by atoms with Gasteiger partial charge in [-0.2, -0.15) is 0 Å². The molecule has 0 saturated carbocycles. The zero-order valence-corrected chi connectivity index (χ0v) is 11.8. The van der Waals surface area contributed by atoms with Crippen LogP contribution in [0.2, 0.25) is 0 Å². The number of hydrogen-bond acceptors (Lipinski definition) is 0. The Kier molecular flexibility index (Phi) is 5.74. The lowest BCUT2D eigenvalue weighted by Gasteiger charge is -2.33. The van der Waals surface area contributed by atoms with Crippen molar-refractivity contribution in [3.05, 3.63) is 36.5 Å². The van der Waals surface area contributed by atoms with Crippen LogP contribution in [-0.2, 0) is 0 Å². The van der Waals surface area contributed by atoms with Crippen molar-refractivity contribution in [2.75, 3.05) is 0 Å². The molecule has 0 aromatic heterocycles. The predicted molar refractivity (Wildman–Crippen MR) is 78.1 cm³/mol. The summed E-state index contributed by atoms with van der Waals surface area (Å²) in [5.74, 6) is 0.675. The van der Waals surface area contributed by atoms with E-state index in [9.17, 15) is 0 Å². The van der Waals surface area contributed by atoms with Gasteiger partial charge in [0.25, 0.3) is 0 Å². The molecule has 0 fully saturated rings. The zero-order chi connectivity index (χ0) is 12.7. The van der Waals surface area contributed by atoms with E-state index in [2.05, 4.69) is 51.7 Å². The summed E-state index contributed by atoms with van der Waals surface area (Å²) in [7, 11) is 0. The molecule has 0 spiro atoms. The Morgan fingerprint density at radius 2 is 2.24 bits per heavy atom. The molecule has 2 atom stereocenters. The molecular weight excluding hydrogens is 204 g/mol. The summed E-state index contributed by atoms with van der Waals surface area (Å²) < 4.78 is 0. The fraction of sp³-hybridized carbons (Fsp3) is 0.647. The van der Waals surface area contributed by atoms with Crippen molar-refractivity contribution in [1.29, 1.82) is 0 Å². The van der Waals surface area contributed by atoms with Gasteiger partial charge in [0.05, 0.1) is 0 Å². The SMILES string of the molecule is C=CC1(C)CC=C(C=CCCCCC)C(C)C1. The molecule has 0 amide bonds. The zero-order valence-electron chi connectivity index (χ0n) is 11.8. The maximum absolute atomic E-state index is 3.96. The highest BCUT2D eigenvalue weighted by atomic mass is 14.3. The normalized spacial score (nSPS) is 29.4. The lowest BCUT2D eigenvalue weighted by Crippen LogP contribution is -2.21. The van der Waals surface area contributed by atoms with Crippen molar-refractivity contribution in [3.63, 3.8) is 0 Å². The van der Waals surface area contributed by atoms with Crippen molar-refractivity contribution in [3.8, 4) is 0 Å². The number of rotatable bonds is 6. The van der Waals surface area contributed by atoms with Gasteiger partial charge in [0, 0.05) is 0 Å². The average Bonchev–Trinajstić information content (AvgIpc) is 2.31. The van der Waals surface area contributed by atoms with Gasteiger partial charge in [-0.3, -0.25) is 0 Å². The van der Waals surface area contributed by atoms with Crippen LogP contribution in [0.5, 0.6) is 0 Å². The first-order valence-electron chi connectivity index (χ1n) is 7.11. The quantitative estimate of drug-likeness (QED) is 0.409. The van der Waals surface area contributed by atoms with E-state index in [4.69, 9.17) is 0 Å². The summed E-state index contributed by atoms with van der Waals surface area (Å²) in [4.78, 5) is 0. The molecule has 1 rings (SSSR count). The highest BCUT2D eigenvalue weighted by Crippen LogP contribution is 2.39. The van der Waals surface area contributed by atoms with Crippen molar-refractivity contribution in [2.45, 2.75) is 59.3 Å². The smallest absolute Gasteiger partial charge is 0.0109 e. The van der Waals surface area contributed by atoms with Gasteiger partial charge in [-0.25, -0.2) is 0 Å². The number of allylic oxidation sites excluding steroid dienone is 5. The second-order valence-corrected chi connectivity index (χ2v) is 5.77. The molecule has 0 heteroatoms. The highest BCUT2D eigenvalue weighted by molar-refractivity contribution is 5.25. The lowest BCUT2D eigenvalue weighted by molar-refractivity contribution is 0.329. The van der Waals surface area contributed by atoms with E-state index in [0.29, 0.717) is 11.3 Å². The molecule has 0 aliphatic heterocycles. The van der Waals surface area contributed by atoms with E-state index in [0.717, 1.165) is 6.42 Å². The molecule has 96 valence electrons. The molecule has 0 saturated heterocycles. The van der Waals surface area contributed by atoms with Gasteiger partial charge in [0.15, 0.2) is 0 Å². The van der Waals surface area contributed by atoms with Crippen molar-refractivity contribution >= 4 is 0 Å². The van der Waals surface area contributed by atoms with Crippen LogP contribution in [-0.4, -0.2) is 0 Å². The molecule has 0 heterocycles. The van der Waals surface area contributed by atoms with E-state index in [1.807, 2.05) is 0 Å². The molecule has 2 unspecified atom stereocenters. The number of unbranched alkanes of at least 4 members (excludes halogenated alkanes) is 3. The molecule has 0 radical (unpaired) electrons. The second-order valence-electron chi connectivity index (χ2n) is 5.77. The summed E-state index contributed by atoms with van der Waals surface area (Å²) in [5.41, 5.74) is 1.85. The fourth-order valence-electron chi connectivity index (χ4n) is 2.58. The maximum Gasteiger partial charge on any atom is -0.0109 e. The Morgan fingerprint density at radius 3 is 2.82 bits per heavy atom. The molecule has 0 aromatic rings. The maximum atomic E-state index is 3.96. The first-order chi connectivity index (χ1) is 8.11. The highest BCUT2D eigenvalue weighted by Gasteiger charge is 2.27. The van der Waals surface area contributed by atoms with Gasteiger partial charge in [-0.1, -0.05) is 57.9 Å².